The Morgan fingerprint density at radius 1 is 1.50 bits per heavy atom. The summed E-state index contributed by atoms with van der Waals surface area (Å²) in [5.74, 6) is 1.00. The number of rotatable bonds is 2. The topological polar surface area (TPSA) is 68.2 Å². The van der Waals surface area contributed by atoms with E-state index in [9.17, 15) is 0 Å². The summed E-state index contributed by atoms with van der Waals surface area (Å²) < 4.78 is 1.83. The molecule has 1 aliphatic rings. The fraction of sp³-hybridized carbons (Fsp3) is 0.455. The number of nitrogens with one attached hydrogen (secondary N) is 1. The highest BCUT2D eigenvalue weighted by molar-refractivity contribution is 5.49. The fourth-order valence-electron chi connectivity index (χ4n) is 2.13. The Kier molecular flexibility index (Phi) is 2.07. The third kappa shape index (κ3) is 1.53. The van der Waals surface area contributed by atoms with Gasteiger partial charge in [-0.15, -0.1) is 0 Å². The van der Waals surface area contributed by atoms with Crippen molar-refractivity contribution in [3.63, 3.8) is 0 Å². The van der Waals surface area contributed by atoms with Gasteiger partial charge in [0, 0.05) is 29.9 Å². The highest BCUT2D eigenvalue weighted by Crippen LogP contribution is 2.23. The molecular formula is C11H15N5. The number of nitrogens with two attached hydrogens (primary N) is 1. The lowest BCUT2D eigenvalue weighted by atomic mass is 9.88. The predicted octanol–water partition coefficient (Wildman–Crippen LogP) is 0.939. The number of hydrogen-bond donors (Lipinski definition) is 2. The molecule has 1 fully saturated rings. The first-order valence-corrected chi connectivity index (χ1v) is 5.56. The van der Waals surface area contributed by atoms with Crippen LogP contribution in [0.4, 0.5) is 5.82 Å². The molecule has 16 heavy (non-hydrogen) atoms. The summed E-state index contributed by atoms with van der Waals surface area (Å²) in [5.41, 5.74) is 7.65. The van der Waals surface area contributed by atoms with Crippen molar-refractivity contribution >= 4 is 11.5 Å². The molecule has 0 saturated heterocycles. The summed E-state index contributed by atoms with van der Waals surface area (Å²) in [5, 5.41) is 7.71. The lowest BCUT2D eigenvalue weighted by molar-refractivity contribution is 0.372. The smallest absolute Gasteiger partial charge is 0.157 e. The first-order chi connectivity index (χ1) is 7.72. The van der Waals surface area contributed by atoms with Crippen LogP contribution < -0.4 is 11.1 Å². The van der Waals surface area contributed by atoms with Crippen LogP contribution in [0.2, 0.25) is 0 Å². The minimum Gasteiger partial charge on any atom is -0.367 e. The van der Waals surface area contributed by atoms with E-state index in [-0.39, 0.29) is 0 Å². The van der Waals surface area contributed by atoms with Crippen molar-refractivity contribution in [3.8, 4) is 0 Å². The van der Waals surface area contributed by atoms with Crippen LogP contribution in [0, 0.1) is 6.92 Å². The molecule has 0 unspecified atom stereocenters. The molecule has 2 aromatic heterocycles. The van der Waals surface area contributed by atoms with Gasteiger partial charge in [-0.05, 0) is 19.8 Å². The van der Waals surface area contributed by atoms with Gasteiger partial charge in [0.15, 0.2) is 5.65 Å². The summed E-state index contributed by atoms with van der Waals surface area (Å²) in [6, 6.07) is 4.76. The predicted molar refractivity (Wildman–Crippen MR) is 62.3 cm³/mol. The molecule has 3 N–H and O–H groups in total. The largest absolute Gasteiger partial charge is 0.367 e. The first-order valence-electron chi connectivity index (χ1n) is 5.56. The first kappa shape index (κ1) is 9.59. The van der Waals surface area contributed by atoms with Crippen molar-refractivity contribution in [1.29, 1.82) is 0 Å². The monoisotopic (exact) mass is 217 g/mol. The number of fused-ring (bicyclic) bond motifs is 1. The van der Waals surface area contributed by atoms with E-state index < -0.39 is 0 Å². The zero-order chi connectivity index (χ0) is 11.1. The van der Waals surface area contributed by atoms with Gasteiger partial charge in [-0.1, -0.05) is 0 Å². The Hall–Kier alpha value is -1.62. The van der Waals surface area contributed by atoms with Crippen LogP contribution in [0.15, 0.2) is 18.3 Å². The highest BCUT2D eigenvalue weighted by atomic mass is 15.3. The van der Waals surface area contributed by atoms with Crippen LogP contribution in [-0.4, -0.2) is 26.7 Å². The molecule has 2 heterocycles. The minimum absolute atomic E-state index is 0.355. The molecule has 1 aliphatic carbocycles. The van der Waals surface area contributed by atoms with Crippen molar-refractivity contribution in [2.75, 3.05) is 5.32 Å². The summed E-state index contributed by atoms with van der Waals surface area (Å²) >= 11 is 0. The Labute approximate surface area is 93.7 Å². The van der Waals surface area contributed by atoms with Crippen molar-refractivity contribution < 1.29 is 0 Å². The number of hydrogen-bond acceptors (Lipinski definition) is 4. The minimum atomic E-state index is 0.355. The van der Waals surface area contributed by atoms with Gasteiger partial charge in [0.05, 0.1) is 6.20 Å². The van der Waals surface area contributed by atoms with Crippen molar-refractivity contribution in [2.24, 2.45) is 5.73 Å². The Morgan fingerprint density at radius 3 is 3.06 bits per heavy atom. The maximum atomic E-state index is 5.77. The maximum absolute atomic E-state index is 5.77. The SMILES string of the molecule is Cc1cc(NC2CC(N)C2)n2nccc2n1. The number of aryl methyl sites for hydroxylation is 1. The average molecular weight is 217 g/mol. The van der Waals surface area contributed by atoms with Crippen LogP contribution in [0.25, 0.3) is 5.65 Å². The second kappa shape index (κ2) is 3.45. The van der Waals surface area contributed by atoms with Crippen molar-refractivity contribution in [2.45, 2.75) is 31.8 Å². The Morgan fingerprint density at radius 2 is 2.31 bits per heavy atom. The van der Waals surface area contributed by atoms with Crippen LogP contribution in [-0.2, 0) is 0 Å². The lowest BCUT2D eigenvalue weighted by Gasteiger charge is -2.33. The molecule has 3 rings (SSSR count). The normalized spacial score (nSPS) is 24.4. The quantitative estimate of drug-likeness (QED) is 0.785. The summed E-state index contributed by atoms with van der Waals surface area (Å²) in [6.45, 7) is 1.99. The third-order valence-corrected chi connectivity index (χ3v) is 3.01. The molecule has 2 aromatic rings. The molecule has 5 nitrogen and oxygen atoms in total. The van der Waals surface area contributed by atoms with Crippen molar-refractivity contribution in [1.82, 2.24) is 14.6 Å². The van der Waals surface area contributed by atoms with E-state index >= 15 is 0 Å². The van der Waals surface area contributed by atoms with E-state index in [0.717, 1.165) is 30.0 Å². The molecule has 0 bridgehead atoms. The van der Waals surface area contributed by atoms with E-state index in [1.165, 1.54) is 0 Å². The summed E-state index contributed by atoms with van der Waals surface area (Å²) in [7, 11) is 0. The van der Waals surface area contributed by atoms with Crippen molar-refractivity contribution in [3.05, 3.63) is 24.0 Å². The van der Waals surface area contributed by atoms with E-state index in [2.05, 4.69) is 15.4 Å². The summed E-state index contributed by atoms with van der Waals surface area (Å²) in [6.07, 6.45) is 3.83. The summed E-state index contributed by atoms with van der Waals surface area (Å²) in [4.78, 5) is 4.40. The number of nitrogens with zero attached hydrogens (tertiary/aromatic N) is 3. The molecular weight excluding hydrogens is 202 g/mol. The van der Waals surface area contributed by atoms with E-state index in [0.29, 0.717) is 12.1 Å². The Balaban J connectivity index is 1.92. The second-order valence-electron chi connectivity index (χ2n) is 4.46. The van der Waals surface area contributed by atoms with Crippen LogP contribution in [0.1, 0.15) is 18.5 Å². The zero-order valence-electron chi connectivity index (χ0n) is 9.22. The second-order valence-corrected chi connectivity index (χ2v) is 4.46. The van der Waals surface area contributed by atoms with E-state index in [1.807, 2.05) is 23.6 Å². The molecule has 84 valence electrons. The molecule has 0 aliphatic heterocycles. The van der Waals surface area contributed by atoms with Gasteiger partial charge in [0.1, 0.15) is 5.82 Å². The number of aromatic nitrogens is 3. The fourth-order valence-corrected chi connectivity index (χ4v) is 2.13. The van der Waals surface area contributed by atoms with Crippen LogP contribution in [0.3, 0.4) is 0 Å². The maximum Gasteiger partial charge on any atom is 0.157 e. The molecule has 0 spiro atoms. The van der Waals surface area contributed by atoms with Gasteiger partial charge in [-0.3, -0.25) is 0 Å². The van der Waals surface area contributed by atoms with E-state index in [4.69, 9.17) is 5.73 Å². The molecule has 0 atom stereocenters. The molecule has 1 saturated carbocycles. The van der Waals surface area contributed by atoms with Gasteiger partial charge in [0.2, 0.25) is 0 Å². The Bertz CT molecular complexity index is 512. The molecule has 0 aromatic carbocycles. The van der Waals surface area contributed by atoms with Gasteiger partial charge >= 0.3 is 0 Å². The molecule has 0 amide bonds. The number of anilines is 1. The van der Waals surface area contributed by atoms with Crippen LogP contribution in [0.5, 0.6) is 0 Å². The van der Waals surface area contributed by atoms with Gasteiger partial charge in [0.25, 0.3) is 0 Å². The van der Waals surface area contributed by atoms with Gasteiger partial charge < -0.3 is 11.1 Å². The standard InChI is InChI=1S/C11H15N5/c1-7-4-11(15-9-5-8(12)6-9)16-10(14-7)2-3-13-16/h2-4,8-9,15H,5-6,12H2,1H3. The zero-order valence-corrected chi connectivity index (χ0v) is 9.22. The lowest BCUT2D eigenvalue weighted by Crippen LogP contribution is -2.44. The highest BCUT2D eigenvalue weighted by Gasteiger charge is 2.26. The average Bonchev–Trinajstić information content (AvgIpc) is 2.62. The molecule has 5 heteroatoms. The van der Waals surface area contributed by atoms with Gasteiger partial charge in [-0.25, -0.2) is 4.98 Å². The van der Waals surface area contributed by atoms with Gasteiger partial charge in [-0.2, -0.15) is 9.61 Å². The third-order valence-electron chi connectivity index (χ3n) is 3.01. The van der Waals surface area contributed by atoms with Crippen LogP contribution >= 0.6 is 0 Å². The molecule has 0 radical (unpaired) electrons. The van der Waals surface area contributed by atoms with E-state index in [1.54, 1.807) is 6.20 Å².